The van der Waals surface area contributed by atoms with Gasteiger partial charge in [0.05, 0.1) is 22.7 Å². The van der Waals surface area contributed by atoms with Crippen molar-refractivity contribution in [3.05, 3.63) is 45.7 Å². The van der Waals surface area contributed by atoms with E-state index in [1.807, 2.05) is 11.8 Å². The number of nitrogens with one attached hydrogen (secondary N) is 3. The number of carbonyl (C=O) groups excluding carboxylic acids is 2. The highest BCUT2D eigenvalue weighted by Gasteiger charge is 2.38. The minimum absolute atomic E-state index is 0.0398. The maximum Gasteiger partial charge on any atom is 0.418 e. The highest BCUT2D eigenvalue weighted by atomic mass is 19.4. The van der Waals surface area contributed by atoms with Gasteiger partial charge >= 0.3 is 6.18 Å². The lowest BCUT2D eigenvalue weighted by Crippen LogP contribution is -2.42. The number of rotatable bonds is 3. The first kappa shape index (κ1) is 21.8. The van der Waals surface area contributed by atoms with E-state index in [0.29, 0.717) is 12.5 Å². The van der Waals surface area contributed by atoms with Crippen LogP contribution in [0.2, 0.25) is 0 Å². The van der Waals surface area contributed by atoms with Crippen molar-refractivity contribution < 1.29 is 22.8 Å². The number of carbonyl (C=O) groups is 2. The van der Waals surface area contributed by atoms with Crippen LogP contribution in [0.15, 0.2) is 29.1 Å². The molecule has 0 radical (unpaired) electrons. The number of aromatic amines is 1. The predicted molar refractivity (Wildman–Crippen MR) is 112 cm³/mol. The van der Waals surface area contributed by atoms with Gasteiger partial charge in [0.1, 0.15) is 5.82 Å². The fourth-order valence-corrected chi connectivity index (χ4v) is 4.19. The van der Waals surface area contributed by atoms with Crippen molar-refractivity contribution in [3.8, 4) is 0 Å². The highest BCUT2D eigenvalue weighted by molar-refractivity contribution is 6.04. The van der Waals surface area contributed by atoms with Crippen molar-refractivity contribution >= 4 is 29.3 Å². The number of hydrogen-bond acceptors (Lipinski definition) is 5. The predicted octanol–water partition coefficient (Wildman–Crippen LogP) is 3.23. The van der Waals surface area contributed by atoms with Gasteiger partial charge in [-0.05, 0) is 38.3 Å². The average Bonchev–Trinajstić information content (AvgIpc) is 2.72. The first-order valence-corrected chi connectivity index (χ1v) is 10.3. The minimum Gasteiger partial charge on any atom is -0.340 e. The standard InChI is InChI=1S/C21H22F3N5O3/c1-11-6-4-5-9-29(11)20-27-17-16(19(32)28-20)12(10-15(30)26-17)18(31)25-14-8-3-2-7-13(14)21(22,23)24/h2-3,7-8,11-12H,4-6,9-10H2,1H3,(H,25,31)(H2,26,27,28,30,32)/t11-,12-/m1/s1. The SMILES string of the molecule is C[C@@H]1CCCCN1c1nc2c(c(=O)[nH]1)[C@H](C(=O)Nc1ccccc1C(F)(F)F)CC(=O)N2. The Morgan fingerprint density at radius 2 is 1.97 bits per heavy atom. The van der Waals surface area contributed by atoms with Crippen molar-refractivity contribution in [2.75, 3.05) is 22.1 Å². The molecule has 0 bridgehead atoms. The van der Waals surface area contributed by atoms with E-state index in [1.54, 1.807) is 0 Å². The molecule has 8 nitrogen and oxygen atoms in total. The van der Waals surface area contributed by atoms with E-state index in [-0.39, 0.29) is 23.8 Å². The summed E-state index contributed by atoms with van der Waals surface area (Å²) in [5.74, 6) is -2.45. The normalized spacial score (nSPS) is 21.0. The number of para-hydroxylation sites is 1. The van der Waals surface area contributed by atoms with E-state index in [9.17, 15) is 27.6 Å². The molecule has 3 N–H and O–H groups in total. The second-order valence-electron chi connectivity index (χ2n) is 8.03. The van der Waals surface area contributed by atoms with Crippen LogP contribution in [0, 0.1) is 0 Å². The monoisotopic (exact) mass is 449 g/mol. The summed E-state index contributed by atoms with van der Waals surface area (Å²) in [7, 11) is 0. The third-order valence-corrected chi connectivity index (χ3v) is 5.82. The number of piperidine rings is 1. The largest absolute Gasteiger partial charge is 0.418 e. The zero-order chi connectivity index (χ0) is 23.0. The Balaban J connectivity index is 1.67. The molecule has 0 spiro atoms. The second kappa shape index (κ2) is 8.29. The molecular weight excluding hydrogens is 427 g/mol. The molecule has 4 rings (SSSR count). The van der Waals surface area contributed by atoms with Crippen molar-refractivity contribution in [2.45, 2.75) is 50.7 Å². The number of amides is 2. The molecule has 0 unspecified atom stereocenters. The molecular formula is C21H22F3N5O3. The smallest absolute Gasteiger partial charge is 0.340 e. The van der Waals surface area contributed by atoms with E-state index in [4.69, 9.17) is 0 Å². The molecule has 170 valence electrons. The van der Waals surface area contributed by atoms with Crippen LogP contribution in [-0.4, -0.2) is 34.4 Å². The number of halogens is 3. The van der Waals surface area contributed by atoms with E-state index in [1.165, 1.54) is 12.1 Å². The van der Waals surface area contributed by atoms with Gasteiger partial charge in [-0.2, -0.15) is 18.2 Å². The Bertz CT molecular complexity index is 1110. The Kier molecular flexibility index (Phi) is 5.66. The van der Waals surface area contributed by atoms with Crippen LogP contribution in [0.5, 0.6) is 0 Å². The van der Waals surface area contributed by atoms with Gasteiger partial charge in [0, 0.05) is 19.0 Å². The summed E-state index contributed by atoms with van der Waals surface area (Å²) >= 11 is 0. The van der Waals surface area contributed by atoms with Gasteiger partial charge in [0.15, 0.2) is 0 Å². The maximum absolute atomic E-state index is 13.3. The minimum atomic E-state index is -4.68. The Morgan fingerprint density at radius 3 is 2.69 bits per heavy atom. The van der Waals surface area contributed by atoms with Crippen molar-refractivity contribution in [2.24, 2.45) is 0 Å². The summed E-state index contributed by atoms with van der Waals surface area (Å²) in [6.07, 6.45) is -2.13. The van der Waals surface area contributed by atoms with Gasteiger partial charge in [-0.25, -0.2) is 0 Å². The molecule has 0 saturated carbocycles. The molecule has 1 aromatic heterocycles. The summed E-state index contributed by atoms with van der Waals surface area (Å²) in [5, 5.41) is 4.75. The van der Waals surface area contributed by atoms with E-state index < -0.39 is 40.7 Å². The third-order valence-electron chi connectivity index (χ3n) is 5.82. The van der Waals surface area contributed by atoms with Crippen LogP contribution >= 0.6 is 0 Å². The molecule has 32 heavy (non-hydrogen) atoms. The number of hydrogen-bond donors (Lipinski definition) is 3. The van der Waals surface area contributed by atoms with Crippen LogP contribution in [0.4, 0.5) is 30.6 Å². The van der Waals surface area contributed by atoms with Crippen molar-refractivity contribution in [1.82, 2.24) is 9.97 Å². The Hall–Kier alpha value is -3.37. The second-order valence-corrected chi connectivity index (χ2v) is 8.03. The molecule has 2 aromatic rings. The number of alkyl halides is 3. The average molecular weight is 449 g/mol. The van der Waals surface area contributed by atoms with Crippen LogP contribution in [0.3, 0.4) is 0 Å². The van der Waals surface area contributed by atoms with Gasteiger partial charge in [0.2, 0.25) is 17.8 Å². The lowest BCUT2D eigenvalue weighted by molar-refractivity contribution is -0.137. The molecule has 2 aliphatic heterocycles. The molecule has 3 heterocycles. The highest BCUT2D eigenvalue weighted by Crippen LogP contribution is 2.36. The zero-order valence-corrected chi connectivity index (χ0v) is 17.3. The van der Waals surface area contributed by atoms with E-state index in [2.05, 4.69) is 20.6 Å². The maximum atomic E-state index is 13.3. The molecule has 2 atom stereocenters. The van der Waals surface area contributed by atoms with Gasteiger partial charge in [0.25, 0.3) is 5.56 Å². The first-order chi connectivity index (χ1) is 15.1. The fraction of sp³-hybridized carbons (Fsp3) is 0.429. The van der Waals surface area contributed by atoms with Crippen LogP contribution in [0.25, 0.3) is 0 Å². The molecule has 0 aliphatic carbocycles. The van der Waals surface area contributed by atoms with Crippen LogP contribution < -0.4 is 21.1 Å². The van der Waals surface area contributed by atoms with Gasteiger partial charge in [-0.3, -0.25) is 19.4 Å². The first-order valence-electron chi connectivity index (χ1n) is 10.3. The van der Waals surface area contributed by atoms with Crippen molar-refractivity contribution in [3.63, 3.8) is 0 Å². The summed E-state index contributed by atoms with van der Waals surface area (Å²) in [6.45, 7) is 2.69. The number of nitrogens with zero attached hydrogens (tertiary/aromatic N) is 2. The lowest BCUT2D eigenvalue weighted by atomic mass is 9.92. The number of H-pyrrole nitrogens is 1. The molecule has 11 heteroatoms. The van der Waals surface area contributed by atoms with Gasteiger partial charge in [-0.1, -0.05) is 12.1 Å². The molecule has 2 aliphatic rings. The van der Waals surface area contributed by atoms with Crippen molar-refractivity contribution in [1.29, 1.82) is 0 Å². The third kappa shape index (κ3) is 4.19. The molecule has 1 aromatic carbocycles. The quantitative estimate of drug-likeness (QED) is 0.667. The number of aromatic nitrogens is 2. The summed E-state index contributed by atoms with van der Waals surface area (Å²) in [5.41, 5.74) is -2.14. The Labute approximate surface area is 181 Å². The zero-order valence-electron chi connectivity index (χ0n) is 17.3. The summed E-state index contributed by atoms with van der Waals surface area (Å²) < 4.78 is 39.8. The van der Waals surface area contributed by atoms with E-state index in [0.717, 1.165) is 31.4 Å². The number of anilines is 3. The fourth-order valence-electron chi connectivity index (χ4n) is 4.19. The molecule has 1 saturated heterocycles. The van der Waals surface area contributed by atoms with Crippen LogP contribution in [0.1, 0.15) is 49.7 Å². The van der Waals surface area contributed by atoms with Crippen LogP contribution in [-0.2, 0) is 15.8 Å². The summed E-state index contributed by atoms with van der Waals surface area (Å²) in [6, 6.07) is 4.67. The van der Waals surface area contributed by atoms with Gasteiger partial charge in [-0.15, -0.1) is 0 Å². The molecule has 1 fully saturated rings. The summed E-state index contributed by atoms with van der Waals surface area (Å²) in [4.78, 5) is 47.0. The molecule has 2 amide bonds. The number of fused-ring (bicyclic) bond motifs is 1. The Morgan fingerprint density at radius 1 is 1.22 bits per heavy atom. The van der Waals surface area contributed by atoms with E-state index >= 15 is 0 Å². The lowest BCUT2D eigenvalue weighted by Gasteiger charge is -2.34. The topological polar surface area (TPSA) is 107 Å². The van der Waals surface area contributed by atoms with Gasteiger partial charge < -0.3 is 15.5 Å². The number of benzene rings is 1.